The number of carbonyl (C=O) groups excluding carboxylic acids is 1. The molecule has 0 aromatic heterocycles. The van der Waals surface area contributed by atoms with E-state index in [1.165, 1.54) is 6.92 Å². The van der Waals surface area contributed by atoms with E-state index in [2.05, 4.69) is 10.6 Å². The van der Waals surface area contributed by atoms with Crippen LogP contribution in [0.4, 0.5) is 5.69 Å². The number of β-amino-alcohol motifs (C(OH)–C–C–N with tert-alkyl or cyclic N) is 1. The summed E-state index contributed by atoms with van der Waals surface area (Å²) in [6.07, 6.45) is -0.726. The summed E-state index contributed by atoms with van der Waals surface area (Å²) in [6, 6.07) is 3.21. The minimum Gasteiger partial charge on any atom is -0.481 e. The average Bonchev–Trinajstić information content (AvgIpc) is 2.38. The number of carboxylic acids is 1. The van der Waals surface area contributed by atoms with Crippen LogP contribution in [0.15, 0.2) is 12.1 Å². The van der Waals surface area contributed by atoms with Crippen LogP contribution in [0.2, 0.25) is 10.0 Å². The van der Waals surface area contributed by atoms with Crippen molar-refractivity contribution in [3.8, 4) is 0 Å². The molecule has 0 aliphatic heterocycles. The van der Waals surface area contributed by atoms with Gasteiger partial charge in [0.15, 0.2) is 0 Å². The maximum absolute atomic E-state index is 11.1. The van der Waals surface area contributed by atoms with Crippen molar-refractivity contribution in [1.29, 1.82) is 0 Å². The number of amides is 1. The highest BCUT2D eigenvalue weighted by molar-refractivity contribution is 6.39. The van der Waals surface area contributed by atoms with Crippen LogP contribution in [0, 0.1) is 0 Å². The smallest absolute Gasteiger partial charge is 0.300 e. The average molecular weight is 379 g/mol. The summed E-state index contributed by atoms with van der Waals surface area (Å²) < 4.78 is 0. The van der Waals surface area contributed by atoms with E-state index < -0.39 is 12.1 Å². The Hall–Kier alpha value is -1.34. The number of hydrogen-bond donors (Lipinski definition) is 4. The minimum atomic E-state index is -0.833. The number of aliphatic carboxylic acids is 1. The zero-order valence-corrected chi connectivity index (χ0v) is 15.9. The maximum atomic E-state index is 11.1. The number of aliphatic hydroxyl groups excluding tert-OH is 1. The first kappa shape index (κ1) is 22.7. The minimum absolute atomic E-state index is 0.0926. The topological polar surface area (TPSA) is 98.7 Å². The molecule has 0 saturated carbocycles. The second-order valence-corrected chi connectivity index (χ2v) is 7.02. The van der Waals surface area contributed by atoms with E-state index in [0.29, 0.717) is 27.8 Å². The SMILES string of the molecule is CC(=O)Nc1c(Cl)cc(C(O)CNC(C)(C)C)cc1Cl.CC(=O)O. The number of aliphatic hydroxyl groups is 1. The highest BCUT2D eigenvalue weighted by Gasteiger charge is 2.17. The molecule has 0 aliphatic carbocycles. The van der Waals surface area contributed by atoms with Gasteiger partial charge >= 0.3 is 0 Å². The fourth-order valence-corrected chi connectivity index (χ4v) is 2.20. The molecule has 0 fully saturated rings. The summed E-state index contributed by atoms with van der Waals surface area (Å²) in [5, 5.41) is 23.9. The number of hydrogen-bond acceptors (Lipinski definition) is 4. The molecular weight excluding hydrogens is 355 g/mol. The molecule has 1 amide bonds. The van der Waals surface area contributed by atoms with Crippen molar-refractivity contribution >= 4 is 40.8 Å². The molecule has 0 aliphatic rings. The van der Waals surface area contributed by atoms with Crippen LogP contribution in [0.25, 0.3) is 0 Å². The van der Waals surface area contributed by atoms with Crippen molar-refractivity contribution in [3.63, 3.8) is 0 Å². The molecule has 0 bridgehead atoms. The summed E-state index contributed by atoms with van der Waals surface area (Å²) in [7, 11) is 0. The Morgan fingerprint density at radius 2 is 1.58 bits per heavy atom. The van der Waals surface area contributed by atoms with E-state index in [4.69, 9.17) is 33.1 Å². The van der Waals surface area contributed by atoms with Crippen molar-refractivity contribution in [2.24, 2.45) is 0 Å². The van der Waals surface area contributed by atoms with Gasteiger partial charge in [0.05, 0.1) is 21.8 Å². The fourth-order valence-electron chi connectivity index (χ4n) is 1.60. The molecule has 1 atom stereocenters. The molecule has 24 heavy (non-hydrogen) atoms. The van der Waals surface area contributed by atoms with Crippen LogP contribution in [0.1, 0.15) is 46.3 Å². The highest BCUT2D eigenvalue weighted by Crippen LogP contribution is 2.33. The number of benzene rings is 1. The Labute approximate surface area is 152 Å². The number of nitrogens with one attached hydrogen (secondary N) is 2. The zero-order valence-electron chi connectivity index (χ0n) is 14.4. The molecule has 6 nitrogen and oxygen atoms in total. The molecule has 0 spiro atoms. The number of carbonyl (C=O) groups is 2. The third-order valence-electron chi connectivity index (χ3n) is 2.58. The summed E-state index contributed by atoms with van der Waals surface area (Å²) >= 11 is 12.2. The summed E-state index contributed by atoms with van der Waals surface area (Å²) in [5.74, 6) is -1.09. The predicted molar refractivity (Wildman–Crippen MR) is 96.8 cm³/mol. The Morgan fingerprint density at radius 3 is 1.92 bits per heavy atom. The number of rotatable bonds is 4. The van der Waals surface area contributed by atoms with Gasteiger partial charge in [-0.25, -0.2) is 0 Å². The van der Waals surface area contributed by atoms with Gasteiger partial charge in [-0.1, -0.05) is 23.2 Å². The van der Waals surface area contributed by atoms with E-state index in [0.717, 1.165) is 6.92 Å². The van der Waals surface area contributed by atoms with E-state index in [1.807, 2.05) is 20.8 Å². The third-order valence-corrected chi connectivity index (χ3v) is 3.17. The summed E-state index contributed by atoms with van der Waals surface area (Å²) in [4.78, 5) is 20.1. The predicted octanol–water partition coefficient (Wildman–Crippen LogP) is 3.46. The lowest BCUT2D eigenvalue weighted by molar-refractivity contribution is -0.134. The van der Waals surface area contributed by atoms with Gasteiger partial charge in [-0.2, -0.15) is 0 Å². The lowest BCUT2D eigenvalue weighted by atomic mass is 10.1. The zero-order chi connectivity index (χ0) is 19.1. The second-order valence-electron chi connectivity index (χ2n) is 6.21. The quantitative estimate of drug-likeness (QED) is 0.642. The maximum Gasteiger partial charge on any atom is 0.300 e. The summed E-state index contributed by atoms with van der Waals surface area (Å²) in [5.41, 5.74) is 0.872. The van der Waals surface area contributed by atoms with Crippen molar-refractivity contribution in [1.82, 2.24) is 5.32 Å². The molecule has 1 aromatic rings. The molecule has 0 heterocycles. The molecule has 4 N–H and O–H groups in total. The van der Waals surface area contributed by atoms with E-state index in [-0.39, 0.29) is 11.4 Å². The Bertz CT molecular complexity index is 559. The molecule has 0 radical (unpaired) electrons. The van der Waals surface area contributed by atoms with Crippen LogP contribution < -0.4 is 10.6 Å². The van der Waals surface area contributed by atoms with E-state index in [9.17, 15) is 9.90 Å². The van der Waals surface area contributed by atoms with Gasteiger partial charge in [0.1, 0.15) is 0 Å². The Morgan fingerprint density at radius 1 is 1.17 bits per heavy atom. The second kappa shape index (κ2) is 9.84. The van der Waals surface area contributed by atoms with Gasteiger partial charge in [-0.05, 0) is 38.5 Å². The Balaban J connectivity index is 0.00000118. The first-order chi connectivity index (χ1) is 10.8. The lowest BCUT2D eigenvalue weighted by Crippen LogP contribution is -2.38. The molecule has 1 rings (SSSR count). The van der Waals surface area contributed by atoms with Crippen LogP contribution in [-0.2, 0) is 9.59 Å². The molecule has 136 valence electrons. The molecule has 8 heteroatoms. The third kappa shape index (κ3) is 9.72. The molecule has 1 aromatic carbocycles. The van der Waals surface area contributed by atoms with Gasteiger partial charge < -0.3 is 20.8 Å². The summed E-state index contributed by atoms with van der Waals surface area (Å²) in [6.45, 7) is 8.89. The number of carboxylic acid groups (broad SMARTS) is 1. The largest absolute Gasteiger partial charge is 0.481 e. The van der Waals surface area contributed by atoms with Crippen LogP contribution >= 0.6 is 23.2 Å². The normalized spacial score (nSPS) is 12.0. The highest BCUT2D eigenvalue weighted by atomic mass is 35.5. The van der Waals surface area contributed by atoms with Crippen LogP contribution in [0.5, 0.6) is 0 Å². The van der Waals surface area contributed by atoms with Crippen molar-refractivity contribution < 1.29 is 19.8 Å². The molecular formula is C16H24Cl2N2O4. The number of halogens is 2. The molecule has 0 saturated heterocycles. The van der Waals surface area contributed by atoms with Gasteiger partial charge in [-0.3, -0.25) is 9.59 Å². The van der Waals surface area contributed by atoms with E-state index in [1.54, 1.807) is 12.1 Å². The van der Waals surface area contributed by atoms with Crippen molar-refractivity contribution in [2.75, 3.05) is 11.9 Å². The van der Waals surface area contributed by atoms with Crippen molar-refractivity contribution in [2.45, 2.75) is 46.3 Å². The van der Waals surface area contributed by atoms with Gasteiger partial charge in [-0.15, -0.1) is 0 Å². The van der Waals surface area contributed by atoms with Crippen LogP contribution in [-0.4, -0.2) is 34.2 Å². The van der Waals surface area contributed by atoms with E-state index >= 15 is 0 Å². The standard InChI is InChI=1S/C14H20Cl2N2O2.C2H4O2/c1-8(19)18-13-10(15)5-9(6-11(13)16)12(20)7-17-14(2,3)4;1-2(3)4/h5-6,12,17,20H,7H2,1-4H3,(H,18,19);1H3,(H,3,4). The van der Waals surface area contributed by atoms with Gasteiger partial charge in [0, 0.05) is 25.9 Å². The lowest BCUT2D eigenvalue weighted by Gasteiger charge is -2.23. The monoisotopic (exact) mass is 378 g/mol. The van der Waals surface area contributed by atoms with Gasteiger partial charge in [0.25, 0.3) is 5.97 Å². The van der Waals surface area contributed by atoms with Gasteiger partial charge in [0.2, 0.25) is 5.91 Å². The first-order valence-electron chi connectivity index (χ1n) is 7.22. The van der Waals surface area contributed by atoms with Crippen molar-refractivity contribution in [3.05, 3.63) is 27.7 Å². The fraction of sp³-hybridized carbons (Fsp3) is 0.500. The van der Waals surface area contributed by atoms with Crippen LogP contribution in [0.3, 0.4) is 0 Å². The molecule has 1 unspecified atom stereocenters. The number of anilines is 1. The first-order valence-corrected chi connectivity index (χ1v) is 7.98. The Kier molecular flexibility index (Phi) is 9.29.